The van der Waals surface area contributed by atoms with E-state index in [-0.39, 0.29) is 30.3 Å². The van der Waals surface area contributed by atoms with Gasteiger partial charge in [-0.25, -0.2) is 0 Å². The molecular formula is C19H31ClN2O3. The lowest BCUT2D eigenvalue weighted by atomic mass is 9.96. The first-order chi connectivity index (χ1) is 11.6. The first kappa shape index (κ1) is 21.7. The molecule has 0 saturated carbocycles. The molecule has 1 aromatic carbocycles. The van der Waals surface area contributed by atoms with Crippen LogP contribution in [0.1, 0.15) is 44.1 Å². The second kappa shape index (κ2) is 11.3. The number of halogens is 1. The third-order valence-electron chi connectivity index (χ3n) is 4.64. The van der Waals surface area contributed by atoms with Crippen LogP contribution in [0.25, 0.3) is 0 Å². The number of methoxy groups -OCH3 is 1. The molecule has 1 fully saturated rings. The minimum atomic E-state index is 0. The average molecular weight is 371 g/mol. The van der Waals surface area contributed by atoms with E-state index in [9.17, 15) is 4.79 Å². The van der Waals surface area contributed by atoms with Crippen molar-refractivity contribution in [3.05, 3.63) is 29.8 Å². The number of carbonyl (C=O) groups is 1. The van der Waals surface area contributed by atoms with E-state index in [1.807, 2.05) is 23.1 Å². The van der Waals surface area contributed by atoms with E-state index in [2.05, 4.69) is 13.0 Å². The van der Waals surface area contributed by atoms with Crippen LogP contribution < -0.4 is 10.5 Å². The van der Waals surface area contributed by atoms with Gasteiger partial charge in [-0.05, 0) is 49.4 Å². The van der Waals surface area contributed by atoms with E-state index in [1.165, 1.54) is 0 Å². The molecule has 1 atom stereocenters. The molecule has 0 bridgehead atoms. The van der Waals surface area contributed by atoms with Gasteiger partial charge in [-0.3, -0.25) is 4.79 Å². The number of rotatable bonds is 8. The standard InChI is InChI=1S/C19H30N2O3.ClH/c1-15(16-5-3-6-18(14-16)23-2)13-19(22)21-10-7-17(8-11-21)24-12-4-9-20;/h3,5-6,14-15,17H,4,7-13,20H2,1-2H3;1H. The van der Waals surface area contributed by atoms with Crippen molar-refractivity contribution in [3.63, 3.8) is 0 Å². The second-order valence-electron chi connectivity index (χ2n) is 6.47. The van der Waals surface area contributed by atoms with Crippen LogP contribution in [0.4, 0.5) is 0 Å². The Kier molecular flexibility index (Phi) is 9.86. The Labute approximate surface area is 157 Å². The van der Waals surface area contributed by atoms with Crippen LogP contribution in [0, 0.1) is 0 Å². The minimum Gasteiger partial charge on any atom is -0.497 e. The number of piperidine rings is 1. The Balaban J connectivity index is 0.00000312. The van der Waals surface area contributed by atoms with Gasteiger partial charge in [-0.2, -0.15) is 0 Å². The molecule has 2 N–H and O–H groups in total. The van der Waals surface area contributed by atoms with Crippen LogP contribution in [0.15, 0.2) is 24.3 Å². The fourth-order valence-electron chi connectivity index (χ4n) is 3.06. The smallest absolute Gasteiger partial charge is 0.223 e. The molecule has 0 aliphatic carbocycles. The molecule has 1 amide bonds. The quantitative estimate of drug-likeness (QED) is 0.714. The lowest BCUT2D eigenvalue weighted by molar-refractivity contribution is -0.134. The van der Waals surface area contributed by atoms with E-state index in [4.69, 9.17) is 15.2 Å². The van der Waals surface area contributed by atoms with Crippen molar-refractivity contribution in [1.82, 2.24) is 4.90 Å². The summed E-state index contributed by atoms with van der Waals surface area (Å²) >= 11 is 0. The fraction of sp³-hybridized carbons (Fsp3) is 0.632. The number of likely N-dealkylation sites (tertiary alicyclic amines) is 1. The summed E-state index contributed by atoms with van der Waals surface area (Å²) in [5.41, 5.74) is 6.62. The van der Waals surface area contributed by atoms with E-state index in [0.717, 1.165) is 50.3 Å². The molecule has 0 aromatic heterocycles. The highest BCUT2D eigenvalue weighted by Crippen LogP contribution is 2.25. The van der Waals surface area contributed by atoms with Crippen molar-refractivity contribution in [2.75, 3.05) is 33.4 Å². The minimum absolute atomic E-state index is 0. The van der Waals surface area contributed by atoms with Gasteiger partial charge in [-0.15, -0.1) is 12.4 Å². The number of ether oxygens (including phenoxy) is 2. The molecule has 25 heavy (non-hydrogen) atoms. The average Bonchev–Trinajstić information content (AvgIpc) is 2.62. The van der Waals surface area contributed by atoms with Gasteiger partial charge in [0, 0.05) is 26.1 Å². The predicted molar refractivity (Wildman–Crippen MR) is 102 cm³/mol. The molecule has 2 rings (SSSR count). The highest BCUT2D eigenvalue weighted by molar-refractivity contribution is 5.85. The zero-order chi connectivity index (χ0) is 17.4. The molecule has 5 nitrogen and oxygen atoms in total. The number of hydrogen-bond donors (Lipinski definition) is 1. The molecule has 1 aliphatic heterocycles. The number of amides is 1. The maximum Gasteiger partial charge on any atom is 0.223 e. The van der Waals surface area contributed by atoms with Gasteiger partial charge in [-0.1, -0.05) is 19.1 Å². The van der Waals surface area contributed by atoms with Crippen molar-refractivity contribution in [2.45, 2.75) is 44.6 Å². The summed E-state index contributed by atoms with van der Waals surface area (Å²) in [6.45, 7) is 5.06. The zero-order valence-electron chi connectivity index (χ0n) is 15.3. The molecular weight excluding hydrogens is 340 g/mol. The first-order valence-electron chi connectivity index (χ1n) is 8.87. The topological polar surface area (TPSA) is 64.8 Å². The SMILES string of the molecule is COc1cccc(C(C)CC(=O)N2CCC(OCCCN)CC2)c1.Cl. The molecule has 142 valence electrons. The van der Waals surface area contributed by atoms with Crippen molar-refractivity contribution in [1.29, 1.82) is 0 Å². The molecule has 1 saturated heterocycles. The summed E-state index contributed by atoms with van der Waals surface area (Å²) < 4.78 is 11.1. The Morgan fingerprint density at radius 1 is 1.36 bits per heavy atom. The van der Waals surface area contributed by atoms with Crippen molar-refractivity contribution >= 4 is 18.3 Å². The third-order valence-corrected chi connectivity index (χ3v) is 4.64. The highest BCUT2D eigenvalue weighted by atomic mass is 35.5. The van der Waals surface area contributed by atoms with E-state index < -0.39 is 0 Å². The first-order valence-corrected chi connectivity index (χ1v) is 8.87. The second-order valence-corrected chi connectivity index (χ2v) is 6.47. The third kappa shape index (κ3) is 6.84. The van der Waals surface area contributed by atoms with Crippen molar-refractivity contribution in [2.24, 2.45) is 5.73 Å². The number of benzene rings is 1. The molecule has 0 spiro atoms. The van der Waals surface area contributed by atoms with E-state index in [1.54, 1.807) is 7.11 Å². The summed E-state index contributed by atoms with van der Waals surface area (Å²) in [6.07, 6.45) is 3.55. The normalized spacial score (nSPS) is 16.2. The Hall–Kier alpha value is -1.30. The van der Waals surface area contributed by atoms with Crippen LogP contribution in [-0.4, -0.2) is 50.3 Å². The largest absolute Gasteiger partial charge is 0.497 e. The van der Waals surface area contributed by atoms with Gasteiger partial charge in [0.1, 0.15) is 5.75 Å². The number of nitrogens with two attached hydrogens (primary N) is 1. The maximum absolute atomic E-state index is 12.5. The Morgan fingerprint density at radius 3 is 2.72 bits per heavy atom. The molecule has 6 heteroatoms. The van der Waals surface area contributed by atoms with Gasteiger partial charge in [0.2, 0.25) is 5.91 Å². The maximum atomic E-state index is 12.5. The zero-order valence-corrected chi connectivity index (χ0v) is 16.1. The molecule has 1 aromatic rings. The van der Waals surface area contributed by atoms with Crippen LogP contribution in [0.2, 0.25) is 0 Å². The van der Waals surface area contributed by atoms with Gasteiger partial charge >= 0.3 is 0 Å². The van der Waals surface area contributed by atoms with Crippen molar-refractivity contribution in [3.8, 4) is 5.75 Å². The molecule has 0 radical (unpaired) electrons. The summed E-state index contributed by atoms with van der Waals surface area (Å²) in [4.78, 5) is 14.5. The van der Waals surface area contributed by atoms with Crippen molar-refractivity contribution < 1.29 is 14.3 Å². The number of hydrogen-bond acceptors (Lipinski definition) is 4. The Bertz CT molecular complexity index is 519. The molecule has 1 heterocycles. The van der Waals surface area contributed by atoms with Crippen LogP contribution in [0.5, 0.6) is 5.75 Å². The monoisotopic (exact) mass is 370 g/mol. The summed E-state index contributed by atoms with van der Waals surface area (Å²) in [6, 6.07) is 7.96. The van der Waals surface area contributed by atoms with Gasteiger partial charge in [0.05, 0.1) is 13.2 Å². The summed E-state index contributed by atoms with van der Waals surface area (Å²) in [5, 5.41) is 0. The van der Waals surface area contributed by atoms with E-state index >= 15 is 0 Å². The lowest BCUT2D eigenvalue weighted by Gasteiger charge is -2.32. The lowest BCUT2D eigenvalue weighted by Crippen LogP contribution is -2.41. The van der Waals surface area contributed by atoms with Gasteiger partial charge < -0.3 is 20.1 Å². The van der Waals surface area contributed by atoms with Gasteiger partial charge in [0.25, 0.3) is 0 Å². The fourth-order valence-corrected chi connectivity index (χ4v) is 3.06. The molecule has 1 unspecified atom stereocenters. The van der Waals surface area contributed by atoms with E-state index in [0.29, 0.717) is 13.0 Å². The summed E-state index contributed by atoms with van der Waals surface area (Å²) in [5.74, 6) is 1.25. The summed E-state index contributed by atoms with van der Waals surface area (Å²) in [7, 11) is 1.66. The van der Waals surface area contributed by atoms with Gasteiger partial charge in [0.15, 0.2) is 0 Å². The van der Waals surface area contributed by atoms with Crippen LogP contribution >= 0.6 is 12.4 Å². The molecule has 1 aliphatic rings. The highest BCUT2D eigenvalue weighted by Gasteiger charge is 2.24. The number of carbonyl (C=O) groups excluding carboxylic acids is 1. The van der Waals surface area contributed by atoms with Crippen LogP contribution in [-0.2, 0) is 9.53 Å². The van der Waals surface area contributed by atoms with Crippen LogP contribution in [0.3, 0.4) is 0 Å². The number of nitrogens with zero attached hydrogens (tertiary/aromatic N) is 1. The Morgan fingerprint density at radius 2 is 2.08 bits per heavy atom. The predicted octanol–water partition coefficient (Wildman–Crippen LogP) is 2.97.